The zero-order chi connectivity index (χ0) is 14.6. The maximum atomic E-state index is 12.0. The first-order valence-electron chi connectivity index (χ1n) is 6.33. The number of likely N-dealkylation sites (N-methyl/N-ethyl adjacent to an activating group) is 1. The maximum Gasteiger partial charge on any atom is 0.274 e. The van der Waals surface area contributed by atoms with Crippen molar-refractivity contribution in [3.63, 3.8) is 0 Å². The normalized spacial score (nSPS) is 11.2. The van der Waals surface area contributed by atoms with Crippen molar-refractivity contribution in [1.29, 1.82) is 0 Å². The van der Waals surface area contributed by atoms with E-state index in [2.05, 4.69) is 15.5 Å². The highest BCUT2D eigenvalue weighted by molar-refractivity contribution is 5.94. The molecule has 2 N–H and O–H groups in total. The van der Waals surface area contributed by atoms with E-state index < -0.39 is 0 Å². The molecular weight excluding hydrogens is 244 g/mol. The second-order valence-corrected chi connectivity index (χ2v) is 5.59. The quantitative estimate of drug-likeness (QED) is 0.852. The number of rotatable bonds is 4. The van der Waals surface area contributed by atoms with Gasteiger partial charge in [0.05, 0.1) is 6.54 Å². The zero-order valence-electron chi connectivity index (χ0n) is 12.2. The van der Waals surface area contributed by atoms with Gasteiger partial charge in [-0.2, -0.15) is 5.10 Å². The Balaban J connectivity index is 2.60. The first-order chi connectivity index (χ1) is 8.73. The van der Waals surface area contributed by atoms with Crippen LogP contribution in [-0.4, -0.2) is 46.0 Å². The molecule has 0 saturated carbocycles. The predicted octanol–water partition coefficient (Wildman–Crippen LogP) is 0.959. The van der Waals surface area contributed by atoms with E-state index in [0.29, 0.717) is 5.69 Å². The van der Waals surface area contributed by atoms with Crippen LogP contribution in [0.1, 0.15) is 43.9 Å². The molecule has 0 radical (unpaired) electrons. The molecule has 0 bridgehead atoms. The van der Waals surface area contributed by atoms with Gasteiger partial charge in [0.2, 0.25) is 5.91 Å². The number of carbonyl (C=O) groups is 2. The van der Waals surface area contributed by atoms with Crippen molar-refractivity contribution in [3.05, 3.63) is 17.5 Å². The second-order valence-electron chi connectivity index (χ2n) is 5.59. The largest absolute Gasteiger partial charge is 0.350 e. The molecular formula is C13H22N4O2. The van der Waals surface area contributed by atoms with Crippen LogP contribution in [0, 0.1) is 0 Å². The Morgan fingerprint density at radius 3 is 2.53 bits per heavy atom. The van der Waals surface area contributed by atoms with Crippen LogP contribution in [0.3, 0.4) is 0 Å². The van der Waals surface area contributed by atoms with Gasteiger partial charge in [-0.3, -0.25) is 14.7 Å². The van der Waals surface area contributed by atoms with Crippen LogP contribution in [0.15, 0.2) is 6.07 Å². The summed E-state index contributed by atoms with van der Waals surface area (Å²) in [5, 5.41) is 9.54. The highest BCUT2D eigenvalue weighted by atomic mass is 16.2. The number of aromatic nitrogens is 2. The minimum Gasteiger partial charge on any atom is -0.350 e. The van der Waals surface area contributed by atoms with Crippen LogP contribution in [-0.2, 0) is 11.2 Å². The fourth-order valence-electron chi connectivity index (χ4n) is 1.59. The van der Waals surface area contributed by atoms with Gasteiger partial charge in [-0.05, 0) is 33.3 Å². The summed E-state index contributed by atoms with van der Waals surface area (Å²) in [6, 6.07) is 1.71. The third kappa shape index (κ3) is 4.73. The fraction of sp³-hybridized carbons (Fsp3) is 0.615. The maximum absolute atomic E-state index is 12.0. The molecule has 19 heavy (non-hydrogen) atoms. The Kier molecular flexibility index (Phi) is 4.69. The van der Waals surface area contributed by atoms with Gasteiger partial charge in [0.1, 0.15) is 5.69 Å². The monoisotopic (exact) mass is 266 g/mol. The van der Waals surface area contributed by atoms with Crippen LogP contribution in [0.4, 0.5) is 0 Å². The van der Waals surface area contributed by atoms with Gasteiger partial charge in [-0.1, -0.05) is 6.92 Å². The Morgan fingerprint density at radius 2 is 2.05 bits per heavy atom. The number of nitrogens with one attached hydrogen (secondary N) is 2. The van der Waals surface area contributed by atoms with E-state index in [9.17, 15) is 9.59 Å². The van der Waals surface area contributed by atoms with Crippen LogP contribution in [0.5, 0.6) is 0 Å². The topological polar surface area (TPSA) is 78.1 Å². The molecule has 0 aliphatic carbocycles. The van der Waals surface area contributed by atoms with Crippen molar-refractivity contribution in [2.75, 3.05) is 13.6 Å². The highest BCUT2D eigenvalue weighted by Crippen LogP contribution is 2.04. The first-order valence-corrected chi connectivity index (χ1v) is 6.33. The molecule has 0 unspecified atom stereocenters. The van der Waals surface area contributed by atoms with Gasteiger partial charge in [-0.15, -0.1) is 0 Å². The number of hydrogen-bond donors (Lipinski definition) is 2. The minimum absolute atomic E-state index is 0.0183. The summed E-state index contributed by atoms with van der Waals surface area (Å²) in [5.74, 6) is -0.449. The van der Waals surface area contributed by atoms with Crippen LogP contribution < -0.4 is 5.32 Å². The lowest BCUT2D eigenvalue weighted by atomic mass is 10.1. The number of nitrogens with zero attached hydrogens (tertiary/aromatic N) is 2. The molecule has 1 aromatic rings. The summed E-state index contributed by atoms with van der Waals surface area (Å²) < 4.78 is 0. The number of aryl methyl sites for hydroxylation is 1. The van der Waals surface area contributed by atoms with Crippen molar-refractivity contribution in [2.24, 2.45) is 0 Å². The highest BCUT2D eigenvalue weighted by Gasteiger charge is 2.20. The SMILES string of the molecule is CCc1cc(C(=O)N(C)CC(=O)NC(C)(C)C)n[nH]1. The number of H-pyrrole nitrogens is 1. The van der Waals surface area contributed by atoms with E-state index in [4.69, 9.17) is 0 Å². The van der Waals surface area contributed by atoms with Gasteiger partial charge >= 0.3 is 0 Å². The van der Waals surface area contributed by atoms with Crippen molar-refractivity contribution in [1.82, 2.24) is 20.4 Å². The van der Waals surface area contributed by atoms with E-state index in [0.717, 1.165) is 12.1 Å². The Labute approximate surface area is 113 Å². The van der Waals surface area contributed by atoms with Crippen LogP contribution in [0.2, 0.25) is 0 Å². The molecule has 0 saturated heterocycles. The van der Waals surface area contributed by atoms with E-state index in [1.54, 1.807) is 13.1 Å². The first kappa shape index (κ1) is 15.2. The van der Waals surface area contributed by atoms with Gasteiger partial charge in [0, 0.05) is 18.3 Å². The Hall–Kier alpha value is -1.85. The van der Waals surface area contributed by atoms with Gasteiger partial charge in [0.15, 0.2) is 0 Å². The average molecular weight is 266 g/mol. The summed E-state index contributed by atoms with van der Waals surface area (Å²) >= 11 is 0. The molecule has 1 heterocycles. The van der Waals surface area contributed by atoms with Crippen molar-refractivity contribution >= 4 is 11.8 Å². The van der Waals surface area contributed by atoms with Crippen LogP contribution >= 0.6 is 0 Å². The summed E-state index contributed by atoms with van der Waals surface area (Å²) in [6.45, 7) is 7.68. The van der Waals surface area contributed by atoms with E-state index in [1.165, 1.54) is 4.90 Å². The summed E-state index contributed by atoms with van der Waals surface area (Å²) in [7, 11) is 1.59. The lowest BCUT2D eigenvalue weighted by molar-refractivity contribution is -0.122. The fourth-order valence-corrected chi connectivity index (χ4v) is 1.59. The number of carbonyl (C=O) groups excluding carboxylic acids is 2. The van der Waals surface area contributed by atoms with E-state index in [-0.39, 0.29) is 23.9 Å². The molecule has 2 amide bonds. The summed E-state index contributed by atoms with van der Waals surface area (Å²) in [6.07, 6.45) is 0.786. The van der Waals surface area contributed by atoms with Crippen LogP contribution in [0.25, 0.3) is 0 Å². The lowest BCUT2D eigenvalue weighted by Gasteiger charge is -2.23. The Bertz CT molecular complexity index is 459. The molecule has 6 heteroatoms. The standard InChI is InChI=1S/C13H22N4O2/c1-6-9-7-10(16-15-9)12(19)17(5)8-11(18)14-13(2,3)4/h7H,6,8H2,1-5H3,(H,14,18)(H,15,16). The molecule has 6 nitrogen and oxygen atoms in total. The predicted molar refractivity (Wildman–Crippen MR) is 72.8 cm³/mol. The average Bonchev–Trinajstić information content (AvgIpc) is 2.73. The van der Waals surface area contributed by atoms with Gasteiger partial charge < -0.3 is 10.2 Å². The molecule has 0 aromatic carbocycles. The molecule has 1 rings (SSSR count). The number of aromatic amines is 1. The Morgan fingerprint density at radius 1 is 1.42 bits per heavy atom. The molecule has 0 spiro atoms. The minimum atomic E-state index is -0.303. The van der Waals surface area contributed by atoms with E-state index >= 15 is 0 Å². The number of hydrogen-bond acceptors (Lipinski definition) is 3. The lowest BCUT2D eigenvalue weighted by Crippen LogP contribution is -2.46. The third-order valence-electron chi connectivity index (χ3n) is 2.47. The van der Waals surface area contributed by atoms with Gasteiger partial charge in [-0.25, -0.2) is 0 Å². The molecule has 0 fully saturated rings. The molecule has 1 aromatic heterocycles. The van der Waals surface area contributed by atoms with Crippen molar-refractivity contribution in [3.8, 4) is 0 Å². The summed E-state index contributed by atoms with van der Waals surface area (Å²) in [4.78, 5) is 25.1. The van der Waals surface area contributed by atoms with Gasteiger partial charge in [0.25, 0.3) is 5.91 Å². The zero-order valence-corrected chi connectivity index (χ0v) is 12.2. The molecule has 0 aliphatic heterocycles. The molecule has 106 valence electrons. The smallest absolute Gasteiger partial charge is 0.274 e. The van der Waals surface area contributed by atoms with E-state index in [1.807, 2.05) is 27.7 Å². The van der Waals surface area contributed by atoms with Crippen molar-refractivity contribution < 1.29 is 9.59 Å². The second kappa shape index (κ2) is 5.86. The molecule has 0 atom stereocenters. The van der Waals surface area contributed by atoms with Crippen molar-refractivity contribution in [2.45, 2.75) is 39.7 Å². The number of amides is 2. The molecule has 0 aliphatic rings. The summed E-state index contributed by atoms with van der Waals surface area (Å²) in [5.41, 5.74) is 0.932. The third-order valence-corrected chi connectivity index (χ3v) is 2.47.